The van der Waals surface area contributed by atoms with Gasteiger partial charge >= 0.3 is 0 Å². The molecule has 0 aliphatic heterocycles. The molecule has 6 nitrogen and oxygen atoms in total. The molecule has 8 heteroatoms. The first-order valence-corrected chi connectivity index (χ1v) is 10.6. The number of carbonyl (C=O) groups excluding carboxylic acids is 1. The van der Waals surface area contributed by atoms with Crippen molar-refractivity contribution in [1.29, 1.82) is 0 Å². The molecule has 0 bridgehead atoms. The van der Waals surface area contributed by atoms with Crippen molar-refractivity contribution < 1.29 is 9.18 Å². The van der Waals surface area contributed by atoms with Crippen LogP contribution in [-0.2, 0) is 11.3 Å². The Morgan fingerprint density at radius 2 is 1.93 bits per heavy atom. The summed E-state index contributed by atoms with van der Waals surface area (Å²) in [5.74, 6) is 1.14. The van der Waals surface area contributed by atoms with Gasteiger partial charge in [-0.1, -0.05) is 22.0 Å². The van der Waals surface area contributed by atoms with Crippen molar-refractivity contribution in [3.05, 3.63) is 45.8 Å². The second-order valence-electron chi connectivity index (χ2n) is 7.73. The van der Waals surface area contributed by atoms with Crippen LogP contribution in [0.15, 0.2) is 28.7 Å². The first-order chi connectivity index (χ1) is 13.8. The van der Waals surface area contributed by atoms with Gasteiger partial charge in [0.15, 0.2) is 0 Å². The van der Waals surface area contributed by atoms with Gasteiger partial charge in [-0.25, -0.2) is 9.37 Å². The Bertz CT molecular complexity index is 868. The van der Waals surface area contributed by atoms with Crippen LogP contribution in [0.2, 0.25) is 0 Å². The van der Waals surface area contributed by atoms with Crippen molar-refractivity contribution in [2.45, 2.75) is 45.2 Å². The molecule has 0 atom stereocenters. The summed E-state index contributed by atoms with van der Waals surface area (Å²) in [5.41, 5.74) is 1.41. The monoisotopic (exact) mass is 463 g/mol. The molecule has 2 N–H and O–H groups in total. The third-order valence-electron chi connectivity index (χ3n) is 5.20. The number of nitrogens with one attached hydrogen (secondary N) is 2. The normalized spacial score (nSPS) is 18.9. The molecule has 3 rings (SSSR count). The number of hydrogen-bond donors (Lipinski definition) is 2. The molecular weight excluding hydrogens is 437 g/mol. The maximum atomic E-state index is 13.9. The molecule has 29 heavy (non-hydrogen) atoms. The molecule has 1 aromatic heterocycles. The van der Waals surface area contributed by atoms with Gasteiger partial charge in [0.2, 0.25) is 11.9 Å². The van der Waals surface area contributed by atoms with Gasteiger partial charge in [0.25, 0.3) is 0 Å². The van der Waals surface area contributed by atoms with Crippen molar-refractivity contribution in [3.63, 3.8) is 0 Å². The largest absolute Gasteiger partial charge is 0.363 e. The third-order valence-corrected chi connectivity index (χ3v) is 5.69. The molecule has 1 aliphatic carbocycles. The Morgan fingerprint density at radius 1 is 1.21 bits per heavy atom. The number of amides is 1. The topological polar surface area (TPSA) is 70.2 Å². The minimum atomic E-state index is -0.317. The predicted molar refractivity (Wildman–Crippen MR) is 116 cm³/mol. The van der Waals surface area contributed by atoms with E-state index in [1.807, 2.05) is 32.0 Å². The van der Waals surface area contributed by atoms with Gasteiger partial charge in [-0.2, -0.15) is 4.98 Å². The van der Waals surface area contributed by atoms with E-state index in [1.165, 1.54) is 6.07 Å². The summed E-state index contributed by atoms with van der Waals surface area (Å²) in [5, 5.41) is 6.29. The standard InChI is InChI=1S/C21H27BrFN5O/c1-13-10-19(28(2)3)27-21(25-13)26-17-8-5-14(6-9-17)20(29)24-12-15-4-7-16(22)11-18(15)23/h4,7,10-11,14,17H,5-6,8-9,12H2,1-3H3,(H,24,29)(H,25,26,27). The summed E-state index contributed by atoms with van der Waals surface area (Å²) in [4.78, 5) is 23.5. The molecule has 0 spiro atoms. The highest BCUT2D eigenvalue weighted by molar-refractivity contribution is 9.10. The maximum absolute atomic E-state index is 13.9. The van der Waals surface area contributed by atoms with E-state index in [0.29, 0.717) is 16.0 Å². The number of rotatable bonds is 6. The SMILES string of the molecule is Cc1cc(N(C)C)nc(NC2CCC(C(=O)NCc3ccc(Br)cc3F)CC2)n1. The van der Waals surface area contributed by atoms with Gasteiger partial charge in [-0.05, 0) is 44.7 Å². The number of nitrogens with zero attached hydrogens (tertiary/aromatic N) is 3. The van der Waals surface area contributed by atoms with E-state index in [2.05, 4.69) is 36.5 Å². The van der Waals surface area contributed by atoms with Crippen molar-refractivity contribution in [2.24, 2.45) is 5.92 Å². The molecule has 0 unspecified atom stereocenters. The van der Waals surface area contributed by atoms with E-state index in [9.17, 15) is 9.18 Å². The Kier molecular flexibility index (Phi) is 7.05. The fourth-order valence-corrected chi connectivity index (χ4v) is 3.85. The Labute approximate surface area is 179 Å². The van der Waals surface area contributed by atoms with Crippen LogP contribution in [0.5, 0.6) is 0 Å². The first-order valence-electron chi connectivity index (χ1n) is 9.83. The van der Waals surface area contributed by atoms with E-state index >= 15 is 0 Å². The number of carbonyl (C=O) groups is 1. The third kappa shape index (κ3) is 5.88. The Hall–Kier alpha value is -2.22. The van der Waals surface area contributed by atoms with E-state index in [4.69, 9.17) is 0 Å². The lowest BCUT2D eigenvalue weighted by molar-refractivity contribution is -0.126. The molecule has 156 valence electrons. The van der Waals surface area contributed by atoms with Crippen LogP contribution in [0.1, 0.15) is 36.9 Å². The highest BCUT2D eigenvalue weighted by Crippen LogP contribution is 2.27. The highest BCUT2D eigenvalue weighted by Gasteiger charge is 2.26. The molecule has 0 saturated heterocycles. The molecular formula is C21H27BrFN5O. The number of aryl methyl sites for hydroxylation is 1. The minimum absolute atomic E-state index is 0.00697. The smallest absolute Gasteiger partial charge is 0.225 e. The molecule has 0 radical (unpaired) electrons. The number of halogens is 2. The van der Waals surface area contributed by atoms with Crippen molar-refractivity contribution in [3.8, 4) is 0 Å². The molecule has 2 aromatic rings. The zero-order valence-electron chi connectivity index (χ0n) is 17.0. The second-order valence-corrected chi connectivity index (χ2v) is 8.65. The average Bonchev–Trinajstić information content (AvgIpc) is 2.67. The maximum Gasteiger partial charge on any atom is 0.225 e. The zero-order valence-corrected chi connectivity index (χ0v) is 18.6. The number of anilines is 2. The fourth-order valence-electron chi connectivity index (χ4n) is 3.52. The van der Waals surface area contributed by atoms with Crippen molar-refractivity contribution in [2.75, 3.05) is 24.3 Å². The van der Waals surface area contributed by atoms with Gasteiger partial charge in [0.1, 0.15) is 11.6 Å². The molecule has 1 aromatic carbocycles. The highest BCUT2D eigenvalue weighted by atomic mass is 79.9. The van der Waals surface area contributed by atoms with Crippen LogP contribution in [0.25, 0.3) is 0 Å². The van der Waals surface area contributed by atoms with Crippen molar-refractivity contribution in [1.82, 2.24) is 15.3 Å². The van der Waals surface area contributed by atoms with Crippen LogP contribution in [0.3, 0.4) is 0 Å². The molecule has 1 heterocycles. The minimum Gasteiger partial charge on any atom is -0.363 e. The van der Waals surface area contributed by atoms with E-state index in [1.54, 1.807) is 12.1 Å². The summed E-state index contributed by atoms with van der Waals surface area (Å²) in [6, 6.07) is 7.06. The number of benzene rings is 1. The zero-order chi connectivity index (χ0) is 21.0. The lowest BCUT2D eigenvalue weighted by Gasteiger charge is -2.28. The van der Waals surface area contributed by atoms with Gasteiger partial charge < -0.3 is 15.5 Å². The van der Waals surface area contributed by atoms with Gasteiger partial charge in [-0.15, -0.1) is 0 Å². The van der Waals surface area contributed by atoms with Crippen molar-refractivity contribution >= 4 is 33.6 Å². The summed E-state index contributed by atoms with van der Waals surface area (Å²) in [7, 11) is 3.91. The van der Waals surface area contributed by atoms with Gasteiger partial charge in [0, 0.05) is 54.4 Å². The van der Waals surface area contributed by atoms with Crippen LogP contribution < -0.4 is 15.5 Å². The van der Waals surface area contributed by atoms with Crippen LogP contribution >= 0.6 is 15.9 Å². The quantitative estimate of drug-likeness (QED) is 0.676. The summed E-state index contributed by atoms with van der Waals surface area (Å²) in [6.45, 7) is 2.16. The second kappa shape index (κ2) is 9.52. The number of aromatic nitrogens is 2. The lowest BCUT2D eigenvalue weighted by atomic mass is 9.85. The summed E-state index contributed by atoms with van der Waals surface area (Å²) >= 11 is 3.24. The average molecular weight is 464 g/mol. The number of hydrogen-bond acceptors (Lipinski definition) is 5. The van der Waals surface area contributed by atoms with E-state index in [0.717, 1.165) is 37.2 Å². The molecule has 1 fully saturated rings. The van der Waals surface area contributed by atoms with E-state index in [-0.39, 0.29) is 30.2 Å². The molecule has 1 amide bonds. The van der Waals surface area contributed by atoms with Crippen LogP contribution in [-0.4, -0.2) is 36.0 Å². The van der Waals surface area contributed by atoms with Gasteiger partial charge in [0.05, 0.1) is 0 Å². The summed E-state index contributed by atoms with van der Waals surface area (Å²) < 4.78 is 14.6. The Balaban J connectivity index is 1.49. The molecule has 1 saturated carbocycles. The first kappa shape index (κ1) is 21.5. The molecule has 1 aliphatic rings. The van der Waals surface area contributed by atoms with Gasteiger partial charge in [-0.3, -0.25) is 4.79 Å². The van der Waals surface area contributed by atoms with Crippen LogP contribution in [0.4, 0.5) is 16.2 Å². The van der Waals surface area contributed by atoms with E-state index < -0.39 is 0 Å². The van der Waals surface area contributed by atoms with Crippen LogP contribution in [0, 0.1) is 18.7 Å². The summed E-state index contributed by atoms with van der Waals surface area (Å²) in [6.07, 6.45) is 3.33. The Morgan fingerprint density at radius 3 is 2.59 bits per heavy atom. The lowest BCUT2D eigenvalue weighted by Crippen LogP contribution is -2.36. The predicted octanol–water partition coefficient (Wildman–Crippen LogP) is 4.04. The fraction of sp³-hybridized carbons (Fsp3) is 0.476.